The molecule has 0 aliphatic rings. The summed E-state index contributed by atoms with van der Waals surface area (Å²) in [4.78, 5) is 23.1. The van der Waals surface area contributed by atoms with Gasteiger partial charge in [0.2, 0.25) is 0 Å². The molecule has 1 atom stereocenters. The minimum Gasteiger partial charge on any atom is -0.466 e. The minimum atomic E-state index is -0.161. The van der Waals surface area contributed by atoms with Gasteiger partial charge in [0.1, 0.15) is 0 Å². The number of carbonyl (C=O) groups excluding carboxylic acids is 2. The van der Waals surface area contributed by atoms with Crippen LogP contribution >= 0.6 is 0 Å². The summed E-state index contributed by atoms with van der Waals surface area (Å²) in [5.41, 5.74) is 0. The maximum absolute atomic E-state index is 11.6. The van der Waals surface area contributed by atoms with Crippen molar-refractivity contribution in [2.75, 3.05) is 6.61 Å². The highest BCUT2D eigenvalue weighted by atomic mass is 16.5. The van der Waals surface area contributed by atoms with E-state index in [0.29, 0.717) is 32.3 Å². The summed E-state index contributed by atoms with van der Waals surface area (Å²) in [5.74, 6) is -0.308. The number of hydrogen-bond acceptors (Lipinski definition) is 4. The maximum Gasteiger partial charge on any atom is 0.306 e. The zero-order valence-electron chi connectivity index (χ0n) is 15.4. The lowest BCUT2D eigenvalue weighted by molar-refractivity contribution is -0.149. The van der Waals surface area contributed by atoms with Crippen LogP contribution in [0.4, 0.5) is 0 Å². The Labute approximate surface area is 142 Å². The van der Waals surface area contributed by atoms with Crippen molar-refractivity contribution in [1.29, 1.82) is 0 Å². The molecular formula is C19H36O4. The van der Waals surface area contributed by atoms with Gasteiger partial charge in [0.15, 0.2) is 0 Å². The molecule has 1 unspecified atom stereocenters. The molecule has 4 nitrogen and oxygen atoms in total. The Bertz CT molecular complexity index is 302. The van der Waals surface area contributed by atoms with Gasteiger partial charge in [0, 0.05) is 12.8 Å². The summed E-state index contributed by atoms with van der Waals surface area (Å²) in [6.07, 6.45) is 11.2. The Balaban J connectivity index is 3.41. The van der Waals surface area contributed by atoms with Crippen LogP contribution in [0.5, 0.6) is 0 Å². The molecule has 0 fully saturated rings. The average Bonchev–Trinajstić information content (AvgIpc) is 2.51. The molecule has 0 aliphatic carbocycles. The van der Waals surface area contributed by atoms with Gasteiger partial charge < -0.3 is 9.47 Å². The monoisotopic (exact) mass is 328 g/mol. The highest BCUT2D eigenvalue weighted by Crippen LogP contribution is 2.08. The van der Waals surface area contributed by atoms with E-state index in [1.165, 1.54) is 25.7 Å². The van der Waals surface area contributed by atoms with E-state index in [4.69, 9.17) is 9.47 Å². The van der Waals surface area contributed by atoms with Crippen molar-refractivity contribution >= 4 is 11.9 Å². The molecule has 4 heteroatoms. The van der Waals surface area contributed by atoms with E-state index in [1.54, 1.807) is 0 Å². The Kier molecular flexibility index (Phi) is 15.1. The minimum absolute atomic E-state index is 0.00482. The Hall–Kier alpha value is -1.06. The van der Waals surface area contributed by atoms with Crippen LogP contribution in [-0.2, 0) is 19.1 Å². The first-order valence-corrected chi connectivity index (χ1v) is 9.45. The third kappa shape index (κ3) is 15.6. The van der Waals surface area contributed by atoms with Crippen molar-refractivity contribution in [2.45, 2.75) is 104 Å². The van der Waals surface area contributed by atoms with E-state index >= 15 is 0 Å². The van der Waals surface area contributed by atoms with Gasteiger partial charge >= 0.3 is 11.9 Å². The largest absolute Gasteiger partial charge is 0.466 e. The van der Waals surface area contributed by atoms with Crippen molar-refractivity contribution < 1.29 is 19.1 Å². The fraction of sp³-hybridized carbons (Fsp3) is 0.895. The van der Waals surface area contributed by atoms with E-state index < -0.39 is 0 Å². The van der Waals surface area contributed by atoms with Crippen LogP contribution in [0, 0.1) is 0 Å². The van der Waals surface area contributed by atoms with Gasteiger partial charge in [-0.3, -0.25) is 9.59 Å². The second-order valence-electron chi connectivity index (χ2n) is 6.28. The second kappa shape index (κ2) is 15.8. The first-order chi connectivity index (χ1) is 11.1. The summed E-state index contributed by atoms with van der Waals surface area (Å²) in [5, 5.41) is 0. The van der Waals surface area contributed by atoms with Crippen LogP contribution in [0.15, 0.2) is 0 Å². The number of unbranched alkanes of at least 4 members (excludes halogenated alkanes) is 6. The molecule has 0 spiro atoms. The second-order valence-corrected chi connectivity index (χ2v) is 6.28. The topological polar surface area (TPSA) is 52.6 Å². The van der Waals surface area contributed by atoms with E-state index in [9.17, 15) is 9.59 Å². The van der Waals surface area contributed by atoms with Crippen LogP contribution in [-0.4, -0.2) is 24.6 Å². The first kappa shape index (κ1) is 21.9. The first-order valence-electron chi connectivity index (χ1n) is 9.45. The Morgan fingerprint density at radius 3 is 2.04 bits per heavy atom. The Morgan fingerprint density at radius 1 is 0.783 bits per heavy atom. The van der Waals surface area contributed by atoms with Crippen LogP contribution < -0.4 is 0 Å². The van der Waals surface area contributed by atoms with E-state index in [-0.39, 0.29) is 18.0 Å². The molecule has 0 amide bonds. The molecule has 0 aromatic carbocycles. The molecule has 0 bridgehead atoms. The van der Waals surface area contributed by atoms with E-state index in [2.05, 4.69) is 13.8 Å². The molecule has 0 aromatic heterocycles. The molecule has 0 saturated heterocycles. The molecule has 0 aromatic rings. The SMILES string of the molecule is CCCCCCCCOC(=O)CCCCC(=O)OC(C)CCC. The van der Waals surface area contributed by atoms with E-state index in [0.717, 1.165) is 25.7 Å². The zero-order chi connectivity index (χ0) is 17.3. The number of hydrogen-bond donors (Lipinski definition) is 0. The summed E-state index contributed by atoms with van der Waals surface area (Å²) >= 11 is 0. The van der Waals surface area contributed by atoms with Gasteiger partial charge in [-0.05, 0) is 32.6 Å². The predicted molar refractivity (Wildman–Crippen MR) is 93.3 cm³/mol. The third-order valence-electron chi connectivity index (χ3n) is 3.80. The average molecular weight is 328 g/mol. The normalized spacial score (nSPS) is 12.0. The predicted octanol–water partition coefficient (Wildman–Crippen LogP) is 5.18. The van der Waals surface area contributed by atoms with Gasteiger partial charge in [-0.15, -0.1) is 0 Å². The van der Waals surface area contributed by atoms with Gasteiger partial charge in [-0.1, -0.05) is 52.4 Å². The van der Waals surface area contributed by atoms with Crippen LogP contribution in [0.3, 0.4) is 0 Å². The molecule has 0 heterocycles. The van der Waals surface area contributed by atoms with Gasteiger partial charge in [-0.2, -0.15) is 0 Å². The Morgan fingerprint density at radius 2 is 1.39 bits per heavy atom. The summed E-state index contributed by atoms with van der Waals surface area (Å²) < 4.78 is 10.5. The number of ether oxygens (including phenoxy) is 2. The number of rotatable bonds is 15. The summed E-state index contributed by atoms with van der Waals surface area (Å²) in [6.45, 7) is 6.72. The molecule has 0 radical (unpaired) electrons. The van der Waals surface area contributed by atoms with Crippen molar-refractivity contribution in [3.05, 3.63) is 0 Å². The van der Waals surface area contributed by atoms with Gasteiger partial charge in [0.05, 0.1) is 12.7 Å². The lowest BCUT2D eigenvalue weighted by atomic mass is 10.1. The van der Waals surface area contributed by atoms with Crippen LogP contribution in [0.1, 0.15) is 97.8 Å². The van der Waals surface area contributed by atoms with Crippen molar-refractivity contribution in [3.63, 3.8) is 0 Å². The zero-order valence-corrected chi connectivity index (χ0v) is 15.4. The third-order valence-corrected chi connectivity index (χ3v) is 3.80. The molecule has 0 saturated carbocycles. The summed E-state index contributed by atoms with van der Waals surface area (Å²) in [7, 11) is 0. The lowest BCUT2D eigenvalue weighted by Gasteiger charge is -2.11. The van der Waals surface area contributed by atoms with Crippen molar-refractivity contribution in [2.24, 2.45) is 0 Å². The number of esters is 2. The number of carbonyl (C=O) groups is 2. The highest BCUT2D eigenvalue weighted by molar-refractivity contribution is 5.70. The molecule has 0 rings (SSSR count). The molecule has 0 N–H and O–H groups in total. The van der Waals surface area contributed by atoms with Crippen molar-refractivity contribution in [1.82, 2.24) is 0 Å². The van der Waals surface area contributed by atoms with Crippen LogP contribution in [0.2, 0.25) is 0 Å². The van der Waals surface area contributed by atoms with Crippen LogP contribution in [0.25, 0.3) is 0 Å². The van der Waals surface area contributed by atoms with Gasteiger partial charge in [-0.25, -0.2) is 0 Å². The highest BCUT2D eigenvalue weighted by Gasteiger charge is 2.09. The van der Waals surface area contributed by atoms with Gasteiger partial charge in [0.25, 0.3) is 0 Å². The quantitative estimate of drug-likeness (QED) is 0.307. The molecule has 23 heavy (non-hydrogen) atoms. The maximum atomic E-state index is 11.6. The fourth-order valence-electron chi connectivity index (χ4n) is 2.43. The van der Waals surface area contributed by atoms with Crippen molar-refractivity contribution in [3.8, 4) is 0 Å². The summed E-state index contributed by atoms with van der Waals surface area (Å²) in [6, 6.07) is 0. The standard InChI is InChI=1S/C19H36O4/c1-4-6-7-8-9-12-16-22-18(20)14-10-11-15-19(21)23-17(3)13-5-2/h17H,4-16H2,1-3H3. The smallest absolute Gasteiger partial charge is 0.306 e. The molecule has 136 valence electrons. The van der Waals surface area contributed by atoms with E-state index in [1.807, 2.05) is 6.92 Å². The molecule has 0 aliphatic heterocycles. The lowest BCUT2D eigenvalue weighted by Crippen LogP contribution is -2.14. The fourth-order valence-corrected chi connectivity index (χ4v) is 2.43. The molecular weight excluding hydrogens is 292 g/mol.